The van der Waals surface area contributed by atoms with Gasteiger partial charge in [0.1, 0.15) is 17.3 Å². The first-order chi connectivity index (χ1) is 13.7. The summed E-state index contributed by atoms with van der Waals surface area (Å²) in [5.41, 5.74) is 1.19. The number of piperazine rings is 1. The number of hydrogen-bond donors (Lipinski definition) is 0. The first kappa shape index (κ1) is 18.1. The monoisotopic (exact) mass is 378 g/mol. The molecule has 0 aromatic carbocycles. The molecule has 0 saturated carbocycles. The number of pyridine rings is 2. The molecule has 0 aliphatic carbocycles. The van der Waals surface area contributed by atoms with Crippen molar-refractivity contribution in [2.24, 2.45) is 0 Å². The van der Waals surface area contributed by atoms with Gasteiger partial charge in [-0.1, -0.05) is 6.07 Å². The van der Waals surface area contributed by atoms with Crippen molar-refractivity contribution in [2.45, 2.75) is 0 Å². The fraction of sp³-hybridized carbons (Fsp3) is 0.300. The molecule has 3 aromatic rings. The van der Waals surface area contributed by atoms with Crippen LogP contribution in [0.1, 0.15) is 10.5 Å². The molecule has 0 spiro atoms. The van der Waals surface area contributed by atoms with E-state index < -0.39 is 0 Å². The van der Waals surface area contributed by atoms with E-state index in [9.17, 15) is 4.79 Å². The minimum atomic E-state index is -0.0644. The number of imidazole rings is 1. The van der Waals surface area contributed by atoms with E-state index >= 15 is 0 Å². The van der Waals surface area contributed by atoms with Crippen LogP contribution in [-0.2, 0) is 0 Å². The van der Waals surface area contributed by atoms with Crippen LogP contribution in [0.2, 0.25) is 0 Å². The third kappa shape index (κ3) is 3.59. The Morgan fingerprint density at radius 1 is 1.07 bits per heavy atom. The largest absolute Gasteiger partial charge is 0.481 e. The van der Waals surface area contributed by atoms with Gasteiger partial charge >= 0.3 is 0 Å². The molecule has 4 heterocycles. The van der Waals surface area contributed by atoms with Gasteiger partial charge in [-0.3, -0.25) is 9.36 Å². The number of carbonyl (C=O) groups is 1. The van der Waals surface area contributed by atoms with E-state index in [-0.39, 0.29) is 5.91 Å². The van der Waals surface area contributed by atoms with Crippen LogP contribution in [-0.4, -0.2) is 75.6 Å². The minimum absolute atomic E-state index is 0.0644. The van der Waals surface area contributed by atoms with E-state index in [1.807, 2.05) is 33.7 Å². The molecular formula is C20H22N6O2. The zero-order chi connectivity index (χ0) is 19.5. The highest BCUT2D eigenvalue weighted by molar-refractivity contribution is 5.93. The van der Waals surface area contributed by atoms with Crippen LogP contribution in [0.4, 0.5) is 0 Å². The molecule has 8 heteroatoms. The van der Waals surface area contributed by atoms with Gasteiger partial charge in [0, 0.05) is 56.4 Å². The summed E-state index contributed by atoms with van der Waals surface area (Å²) in [6, 6.07) is 9.28. The Kier molecular flexibility index (Phi) is 5.03. The predicted molar refractivity (Wildman–Crippen MR) is 105 cm³/mol. The normalized spacial score (nSPS) is 14.9. The second kappa shape index (κ2) is 7.77. The van der Waals surface area contributed by atoms with Crippen molar-refractivity contribution in [3.8, 4) is 23.1 Å². The van der Waals surface area contributed by atoms with Gasteiger partial charge in [-0.05, 0) is 25.2 Å². The van der Waals surface area contributed by atoms with Gasteiger partial charge in [0.2, 0.25) is 5.88 Å². The average molecular weight is 378 g/mol. The molecule has 0 unspecified atom stereocenters. The van der Waals surface area contributed by atoms with Crippen molar-refractivity contribution >= 4 is 5.91 Å². The molecule has 1 aliphatic heterocycles. The van der Waals surface area contributed by atoms with Gasteiger partial charge < -0.3 is 14.5 Å². The number of likely N-dealkylation sites (N-methyl/N-ethyl adjacent to an activating group) is 1. The number of methoxy groups -OCH3 is 1. The van der Waals surface area contributed by atoms with Crippen molar-refractivity contribution in [3.05, 3.63) is 54.6 Å². The highest BCUT2D eigenvalue weighted by Gasteiger charge is 2.24. The minimum Gasteiger partial charge on any atom is -0.481 e. The van der Waals surface area contributed by atoms with E-state index in [0.29, 0.717) is 36.3 Å². The standard InChI is InChI=1S/C20H22N6O2/c1-24-9-11-25(12-10-24)20(27)16-14-26(17-5-3-4-8-21-17)19(23-16)15-6-7-18(28-2)22-13-15/h3-8,13-14H,9-12H2,1-2H3. The number of ether oxygens (including phenoxy) is 1. The lowest BCUT2D eigenvalue weighted by Crippen LogP contribution is -2.47. The summed E-state index contributed by atoms with van der Waals surface area (Å²) in [7, 11) is 3.63. The fourth-order valence-electron chi connectivity index (χ4n) is 3.16. The van der Waals surface area contributed by atoms with E-state index in [4.69, 9.17) is 4.74 Å². The van der Waals surface area contributed by atoms with Crippen LogP contribution in [0.15, 0.2) is 48.9 Å². The van der Waals surface area contributed by atoms with E-state index in [1.165, 1.54) is 0 Å². The summed E-state index contributed by atoms with van der Waals surface area (Å²) in [5, 5.41) is 0. The van der Waals surface area contributed by atoms with Crippen molar-refractivity contribution in [2.75, 3.05) is 40.3 Å². The first-order valence-corrected chi connectivity index (χ1v) is 9.15. The number of hydrogen-bond acceptors (Lipinski definition) is 6. The van der Waals surface area contributed by atoms with Crippen LogP contribution >= 0.6 is 0 Å². The summed E-state index contributed by atoms with van der Waals surface area (Å²) in [6.45, 7) is 3.13. The summed E-state index contributed by atoms with van der Waals surface area (Å²) in [4.78, 5) is 30.4. The molecule has 0 radical (unpaired) electrons. The van der Waals surface area contributed by atoms with Crippen molar-refractivity contribution < 1.29 is 9.53 Å². The Labute approximate surface area is 163 Å². The smallest absolute Gasteiger partial charge is 0.274 e. The number of carbonyl (C=O) groups excluding carboxylic acids is 1. The first-order valence-electron chi connectivity index (χ1n) is 9.15. The highest BCUT2D eigenvalue weighted by atomic mass is 16.5. The fourth-order valence-corrected chi connectivity index (χ4v) is 3.16. The topological polar surface area (TPSA) is 76.4 Å². The molecule has 0 N–H and O–H groups in total. The number of amides is 1. The third-order valence-corrected chi connectivity index (χ3v) is 4.82. The van der Waals surface area contributed by atoms with Crippen LogP contribution in [0, 0.1) is 0 Å². The Morgan fingerprint density at radius 3 is 2.54 bits per heavy atom. The lowest BCUT2D eigenvalue weighted by Gasteiger charge is -2.31. The quantitative estimate of drug-likeness (QED) is 0.688. The van der Waals surface area contributed by atoms with Crippen LogP contribution < -0.4 is 4.74 Å². The van der Waals surface area contributed by atoms with Gasteiger partial charge in [0.05, 0.1) is 7.11 Å². The molecule has 1 fully saturated rings. The molecule has 0 bridgehead atoms. The molecule has 1 aliphatic rings. The Morgan fingerprint density at radius 2 is 1.89 bits per heavy atom. The molecule has 0 atom stereocenters. The molecule has 144 valence electrons. The number of nitrogens with zero attached hydrogens (tertiary/aromatic N) is 6. The Bertz CT molecular complexity index is 947. The maximum Gasteiger partial charge on any atom is 0.274 e. The van der Waals surface area contributed by atoms with Gasteiger partial charge in [0.15, 0.2) is 0 Å². The second-order valence-electron chi connectivity index (χ2n) is 6.69. The zero-order valence-electron chi connectivity index (χ0n) is 15.9. The van der Waals surface area contributed by atoms with Gasteiger partial charge in [-0.25, -0.2) is 15.0 Å². The molecule has 1 saturated heterocycles. The van der Waals surface area contributed by atoms with Crippen LogP contribution in [0.25, 0.3) is 17.2 Å². The predicted octanol–water partition coefficient (Wildman–Crippen LogP) is 1.73. The van der Waals surface area contributed by atoms with Crippen molar-refractivity contribution in [1.29, 1.82) is 0 Å². The zero-order valence-corrected chi connectivity index (χ0v) is 15.9. The van der Waals surface area contributed by atoms with Gasteiger partial charge in [-0.2, -0.15) is 0 Å². The van der Waals surface area contributed by atoms with E-state index in [0.717, 1.165) is 18.7 Å². The Balaban J connectivity index is 1.72. The molecule has 28 heavy (non-hydrogen) atoms. The second-order valence-corrected chi connectivity index (χ2v) is 6.69. The lowest BCUT2D eigenvalue weighted by atomic mass is 10.2. The maximum absolute atomic E-state index is 13.0. The van der Waals surface area contributed by atoms with Gasteiger partial charge in [-0.15, -0.1) is 0 Å². The SMILES string of the molecule is COc1ccc(-c2nc(C(=O)N3CCN(C)CC3)cn2-c2ccccn2)cn1. The third-order valence-electron chi connectivity index (χ3n) is 4.82. The molecule has 3 aromatic heterocycles. The van der Waals surface area contributed by atoms with Crippen LogP contribution in [0.5, 0.6) is 5.88 Å². The van der Waals surface area contributed by atoms with E-state index in [1.54, 1.807) is 31.8 Å². The lowest BCUT2D eigenvalue weighted by molar-refractivity contribution is 0.0659. The summed E-state index contributed by atoms with van der Waals surface area (Å²) in [6.07, 6.45) is 5.15. The molecule has 4 rings (SSSR count). The van der Waals surface area contributed by atoms with Crippen molar-refractivity contribution in [3.63, 3.8) is 0 Å². The number of aromatic nitrogens is 4. The van der Waals surface area contributed by atoms with Crippen LogP contribution in [0.3, 0.4) is 0 Å². The summed E-state index contributed by atoms with van der Waals surface area (Å²) in [5.74, 6) is 1.77. The molecule has 8 nitrogen and oxygen atoms in total. The van der Waals surface area contributed by atoms with Crippen molar-refractivity contribution in [1.82, 2.24) is 29.3 Å². The number of rotatable bonds is 4. The molecule has 1 amide bonds. The summed E-state index contributed by atoms with van der Waals surface area (Å²) >= 11 is 0. The molecular weight excluding hydrogens is 356 g/mol. The Hall–Kier alpha value is -3.26. The average Bonchev–Trinajstić information content (AvgIpc) is 3.20. The van der Waals surface area contributed by atoms with Gasteiger partial charge in [0.25, 0.3) is 5.91 Å². The highest BCUT2D eigenvalue weighted by Crippen LogP contribution is 2.23. The maximum atomic E-state index is 13.0. The summed E-state index contributed by atoms with van der Waals surface area (Å²) < 4.78 is 6.96. The van der Waals surface area contributed by atoms with E-state index in [2.05, 4.69) is 26.9 Å².